The fraction of sp³-hybridized carbons (Fsp3) is 0.360. The van der Waals surface area contributed by atoms with E-state index in [0.29, 0.717) is 35.8 Å². The van der Waals surface area contributed by atoms with Crippen LogP contribution in [0.1, 0.15) is 34.3 Å². The van der Waals surface area contributed by atoms with Crippen LogP contribution in [0.2, 0.25) is 0 Å². The zero-order valence-corrected chi connectivity index (χ0v) is 20.2. The number of esters is 1. The minimum Gasteiger partial charge on any atom is -0.465 e. The first kappa shape index (κ1) is 25.8. The van der Waals surface area contributed by atoms with Crippen molar-refractivity contribution in [2.45, 2.75) is 37.3 Å². The zero-order valence-electron chi connectivity index (χ0n) is 18.6. The molecule has 9 heteroatoms. The number of alkyl halides is 2. The van der Waals surface area contributed by atoms with Crippen molar-refractivity contribution in [1.82, 2.24) is 4.90 Å². The van der Waals surface area contributed by atoms with E-state index in [1.807, 2.05) is 12.1 Å². The molecule has 0 unspecified atom stereocenters. The van der Waals surface area contributed by atoms with Crippen molar-refractivity contribution >= 4 is 28.0 Å². The normalized spacial score (nSPS) is 17.5. The van der Waals surface area contributed by atoms with Crippen LogP contribution in [0.15, 0.2) is 65.2 Å². The summed E-state index contributed by atoms with van der Waals surface area (Å²) in [5.74, 6) is -3.90. The van der Waals surface area contributed by atoms with Crippen LogP contribution >= 0.6 is 15.9 Å². The van der Waals surface area contributed by atoms with E-state index >= 15 is 0 Å². The number of nitrogens with zero attached hydrogens (tertiary/aromatic N) is 1. The maximum absolute atomic E-state index is 14.7. The molecule has 0 radical (unpaired) electrons. The van der Waals surface area contributed by atoms with Crippen LogP contribution in [0, 0.1) is 0 Å². The molecule has 1 N–H and O–H groups in total. The van der Waals surface area contributed by atoms with E-state index < -0.39 is 30.1 Å². The minimum absolute atomic E-state index is 0.178. The summed E-state index contributed by atoms with van der Waals surface area (Å²) in [4.78, 5) is 25.3. The summed E-state index contributed by atoms with van der Waals surface area (Å²) in [5, 5.41) is 10.2. The maximum Gasteiger partial charge on any atom is 0.410 e. The molecule has 2 aromatic rings. The number of carbonyl (C=O) groups is 2. The van der Waals surface area contributed by atoms with Crippen molar-refractivity contribution in [2.24, 2.45) is 0 Å². The Labute approximate surface area is 205 Å². The average molecular weight is 538 g/mol. The zero-order chi connectivity index (χ0) is 24.7. The molecule has 3 rings (SSSR count). The van der Waals surface area contributed by atoms with Gasteiger partial charge in [-0.15, -0.1) is 0 Å². The molecule has 2 aromatic carbocycles. The minimum atomic E-state index is -3.49. The Balaban J connectivity index is 1.61. The molecule has 1 fully saturated rings. The molecule has 1 aliphatic heterocycles. The number of ether oxygens (including phenoxy) is 2. The molecule has 0 spiro atoms. The van der Waals surface area contributed by atoms with Gasteiger partial charge in [0.15, 0.2) is 0 Å². The van der Waals surface area contributed by atoms with Crippen LogP contribution in [0.4, 0.5) is 13.6 Å². The highest BCUT2D eigenvalue weighted by molar-refractivity contribution is 9.10. The van der Waals surface area contributed by atoms with E-state index in [-0.39, 0.29) is 12.2 Å². The summed E-state index contributed by atoms with van der Waals surface area (Å²) in [6.45, 7) is 0.530. The fourth-order valence-electron chi connectivity index (χ4n) is 3.70. The third-order valence-corrected chi connectivity index (χ3v) is 6.10. The largest absolute Gasteiger partial charge is 0.465 e. The molecule has 6 nitrogen and oxygen atoms in total. The van der Waals surface area contributed by atoms with Crippen LogP contribution in [0.3, 0.4) is 0 Å². The third kappa shape index (κ3) is 6.42. The summed E-state index contributed by atoms with van der Waals surface area (Å²) in [6.07, 6.45) is 1.61. The van der Waals surface area contributed by atoms with Crippen molar-refractivity contribution in [3.8, 4) is 0 Å². The van der Waals surface area contributed by atoms with Crippen LogP contribution in [-0.4, -0.2) is 54.5 Å². The van der Waals surface area contributed by atoms with Gasteiger partial charge in [0.2, 0.25) is 0 Å². The first-order chi connectivity index (χ1) is 16.2. The van der Waals surface area contributed by atoms with E-state index in [1.165, 1.54) is 36.3 Å². The second-order valence-corrected chi connectivity index (χ2v) is 8.83. The van der Waals surface area contributed by atoms with E-state index in [4.69, 9.17) is 4.74 Å². The number of aliphatic hydroxyl groups excluding tert-OH is 1. The quantitative estimate of drug-likeness (QED) is 0.356. The number of hydrogen-bond donors (Lipinski definition) is 1. The van der Waals surface area contributed by atoms with Gasteiger partial charge >= 0.3 is 18.0 Å². The number of rotatable bonds is 9. The summed E-state index contributed by atoms with van der Waals surface area (Å²) >= 11 is 3.16. The van der Waals surface area contributed by atoms with E-state index in [1.54, 1.807) is 18.2 Å². The first-order valence-electron chi connectivity index (χ1n) is 10.8. The van der Waals surface area contributed by atoms with Gasteiger partial charge < -0.3 is 19.5 Å². The standard InChI is InChI=1S/C25H26BrF2NO5/c1-33-23(31)18-9-7-17(8-10-18)4-3-14-29-21(13-15-34-24(29)32)11-12-22(30)25(27,28)19-5-2-6-20(26)16-19/h2,5-12,16,21-22,30H,3-4,13-15H2,1H3/t21-,22+/m0/s1. The van der Waals surface area contributed by atoms with Gasteiger partial charge in [-0.05, 0) is 42.7 Å². The lowest BCUT2D eigenvalue weighted by Crippen LogP contribution is -2.45. The molecule has 1 heterocycles. The number of amides is 1. The molecule has 0 aromatic heterocycles. The fourth-order valence-corrected chi connectivity index (χ4v) is 4.10. The molecule has 0 aliphatic carbocycles. The van der Waals surface area contributed by atoms with Gasteiger partial charge in [-0.2, -0.15) is 8.78 Å². The van der Waals surface area contributed by atoms with Gasteiger partial charge in [0.25, 0.3) is 0 Å². The predicted molar refractivity (Wildman–Crippen MR) is 126 cm³/mol. The van der Waals surface area contributed by atoms with E-state index in [2.05, 4.69) is 20.7 Å². The topological polar surface area (TPSA) is 76.1 Å². The summed E-state index contributed by atoms with van der Waals surface area (Å²) < 4.78 is 39.7. The number of halogens is 3. The van der Waals surface area contributed by atoms with Crippen LogP contribution in [0.5, 0.6) is 0 Å². The lowest BCUT2D eigenvalue weighted by Gasteiger charge is -2.33. The Kier molecular flexibility index (Phi) is 8.79. The number of hydrogen-bond acceptors (Lipinski definition) is 5. The maximum atomic E-state index is 14.7. The molecule has 1 aliphatic rings. The molecule has 0 saturated carbocycles. The van der Waals surface area contributed by atoms with Crippen LogP contribution in [-0.2, 0) is 21.8 Å². The van der Waals surface area contributed by atoms with Crippen molar-refractivity contribution in [2.75, 3.05) is 20.3 Å². The smallest absolute Gasteiger partial charge is 0.410 e. The highest BCUT2D eigenvalue weighted by atomic mass is 79.9. The van der Waals surface area contributed by atoms with Crippen molar-refractivity contribution in [3.63, 3.8) is 0 Å². The highest BCUT2D eigenvalue weighted by Crippen LogP contribution is 2.34. The number of benzene rings is 2. The summed E-state index contributed by atoms with van der Waals surface area (Å²) in [5.41, 5.74) is 1.13. The average Bonchev–Trinajstić information content (AvgIpc) is 2.83. The number of aryl methyl sites for hydroxylation is 1. The van der Waals surface area contributed by atoms with Crippen LogP contribution in [0.25, 0.3) is 0 Å². The molecule has 0 bridgehead atoms. The van der Waals surface area contributed by atoms with E-state index in [9.17, 15) is 23.5 Å². The SMILES string of the molecule is COC(=O)c1ccc(CCCN2C(=O)OCC[C@@H]2C=C[C@@H](O)C(F)(F)c2cccc(Br)c2)cc1. The monoisotopic (exact) mass is 537 g/mol. The van der Waals surface area contributed by atoms with E-state index in [0.717, 1.165) is 11.6 Å². The second kappa shape index (κ2) is 11.6. The number of aliphatic hydroxyl groups is 1. The Hall–Kier alpha value is -2.78. The Morgan fingerprint density at radius 1 is 1.32 bits per heavy atom. The predicted octanol–water partition coefficient (Wildman–Crippen LogP) is 5.09. The number of methoxy groups -OCH3 is 1. The lowest BCUT2D eigenvalue weighted by molar-refractivity contribution is -0.0930. The van der Waals surface area contributed by atoms with Crippen LogP contribution < -0.4 is 0 Å². The molecule has 34 heavy (non-hydrogen) atoms. The highest BCUT2D eigenvalue weighted by Gasteiger charge is 2.39. The van der Waals surface area contributed by atoms with Crippen molar-refractivity contribution in [3.05, 3.63) is 81.8 Å². The molecule has 1 amide bonds. The van der Waals surface area contributed by atoms with Gasteiger partial charge in [0.1, 0.15) is 6.10 Å². The van der Waals surface area contributed by atoms with Gasteiger partial charge in [0.05, 0.1) is 25.3 Å². The first-order valence-corrected chi connectivity index (χ1v) is 11.6. The second-order valence-electron chi connectivity index (χ2n) is 7.92. The Morgan fingerprint density at radius 3 is 2.74 bits per heavy atom. The number of cyclic esters (lactones) is 1. The summed E-state index contributed by atoms with van der Waals surface area (Å²) in [6, 6.07) is 12.1. The van der Waals surface area contributed by atoms with Crippen molar-refractivity contribution in [1.29, 1.82) is 0 Å². The van der Waals surface area contributed by atoms with Gasteiger partial charge in [-0.25, -0.2) is 9.59 Å². The third-order valence-electron chi connectivity index (χ3n) is 5.61. The van der Waals surface area contributed by atoms with Gasteiger partial charge in [0, 0.05) is 23.0 Å². The van der Waals surface area contributed by atoms with Gasteiger partial charge in [-0.1, -0.05) is 52.3 Å². The van der Waals surface area contributed by atoms with Gasteiger partial charge in [-0.3, -0.25) is 0 Å². The Bertz CT molecular complexity index is 1030. The van der Waals surface area contributed by atoms with Crippen molar-refractivity contribution < 1.29 is 33.0 Å². The molecular formula is C25H26BrF2NO5. The molecular weight excluding hydrogens is 512 g/mol. The summed E-state index contributed by atoms with van der Waals surface area (Å²) in [7, 11) is 1.32. The molecule has 2 atom stereocenters. The Morgan fingerprint density at radius 2 is 2.06 bits per heavy atom. The number of carbonyl (C=O) groups excluding carboxylic acids is 2. The molecule has 1 saturated heterocycles. The lowest BCUT2D eigenvalue weighted by atomic mass is 10.0. The molecule has 182 valence electrons.